The Balaban J connectivity index is 1.40. The van der Waals surface area contributed by atoms with Crippen LogP contribution in [-0.2, 0) is 22.7 Å². The van der Waals surface area contributed by atoms with Crippen LogP contribution < -0.4 is 5.73 Å². The molecule has 1 unspecified atom stereocenters. The lowest BCUT2D eigenvalue weighted by Crippen LogP contribution is -2.45. The summed E-state index contributed by atoms with van der Waals surface area (Å²) in [6, 6.07) is 13.2. The molecule has 32 heavy (non-hydrogen) atoms. The molecule has 2 aliphatic heterocycles. The molecule has 2 aliphatic rings. The number of carboxylic acids is 1. The van der Waals surface area contributed by atoms with Gasteiger partial charge in [0.1, 0.15) is 6.04 Å². The number of hydrogen-bond acceptors (Lipinski definition) is 5. The van der Waals surface area contributed by atoms with Gasteiger partial charge in [-0.2, -0.15) is 0 Å². The fourth-order valence-corrected chi connectivity index (χ4v) is 4.64. The summed E-state index contributed by atoms with van der Waals surface area (Å²) in [5.74, 6) is -1.71. The second kappa shape index (κ2) is 9.48. The number of pyridine rings is 1. The maximum absolute atomic E-state index is 12.8. The van der Waals surface area contributed by atoms with E-state index < -0.39 is 17.9 Å². The lowest BCUT2D eigenvalue weighted by atomic mass is 9.92. The van der Waals surface area contributed by atoms with Crippen molar-refractivity contribution in [3.8, 4) is 0 Å². The molecule has 1 atom stereocenters. The Morgan fingerprint density at radius 1 is 1.12 bits per heavy atom. The number of rotatable bonds is 8. The number of hydrogen-bond donors (Lipinski definition) is 2. The van der Waals surface area contributed by atoms with Crippen molar-refractivity contribution in [3.63, 3.8) is 0 Å². The molecule has 2 aromatic rings. The number of piperidine rings is 1. The number of likely N-dealkylation sites (tertiary alicyclic amines) is 1. The summed E-state index contributed by atoms with van der Waals surface area (Å²) in [5, 5.41) is 8.94. The zero-order chi connectivity index (χ0) is 22.7. The molecular weight excluding hydrogens is 408 g/mol. The molecule has 0 bridgehead atoms. The Kier molecular flexibility index (Phi) is 6.50. The van der Waals surface area contributed by atoms with E-state index in [1.165, 1.54) is 10.5 Å². The number of nitrogens with two attached hydrogens (primary N) is 1. The van der Waals surface area contributed by atoms with Crippen molar-refractivity contribution in [2.45, 2.75) is 50.7 Å². The van der Waals surface area contributed by atoms with Gasteiger partial charge in [0, 0.05) is 24.6 Å². The number of carboxylic acid groups (broad SMARTS) is 1. The van der Waals surface area contributed by atoms with Gasteiger partial charge in [0.2, 0.25) is 5.91 Å². The largest absolute Gasteiger partial charge is 0.481 e. The molecule has 2 amide bonds. The van der Waals surface area contributed by atoms with Gasteiger partial charge >= 0.3 is 5.97 Å². The van der Waals surface area contributed by atoms with Crippen molar-refractivity contribution in [1.29, 1.82) is 0 Å². The van der Waals surface area contributed by atoms with Gasteiger partial charge in [-0.05, 0) is 50.0 Å². The molecule has 3 heterocycles. The quantitative estimate of drug-likeness (QED) is 0.655. The molecule has 3 N–H and O–H groups in total. The molecule has 0 spiro atoms. The van der Waals surface area contributed by atoms with E-state index in [1.54, 1.807) is 6.07 Å². The summed E-state index contributed by atoms with van der Waals surface area (Å²) in [6.45, 7) is 3.10. The van der Waals surface area contributed by atoms with Gasteiger partial charge in [0.25, 0.3) is 5.91 Å². The van der Waals surface area contributed by atoms with E-state index in [1.807, 2.05) is 12.1 Å². The van der Waals surface area contributed by atoms with Gasteiger partial charge < -0.3 is 15.7 Å². The number of aromatic nitrogens is 1. The third kappa shape index (κ3) is 4.80. The second-order valence-electron chi connectivity index (χ2n) is 8.55. The summed E-state index contributed by atoms with van der Waals surface area (Å²) in [6.07, 6.45) is 1.77. The van der Waals surface area contributed by atoms with Crippen LogP contribution in [0.5, 0.6) is 0 Å². The number of benzene rings is 1. The second-order valence-corrected chi connectivity index (χ2v) is 8.55. The van der Waals surface area contributed by atoms with Crippen molar-refractivity contribution in [1.82, 2.24) is 14.8 Å². The molecule has 4 rings (SSSR count). The van der Waals surface area contributed by atoms with Crippen LogP contribution in [0.2, 0.25) is 0 Å². The number of primary amides is 1. The number of amides is 2. The average Bonchev–Trinajstić information content (AvgIpc) is 3.10. The minimum Gasteiger partial charge on any atom is -0.481 e. The highest BCUT2D eigenvalue weighted by Crippen LogP contribution is 2.31. The van der Waals surface area contributed by atoms with Crippen LogP contribution in [0.25, 0.3) is 0 Å². The number of fused-ring (bicyclic) bond motifs is 1. The minimum absolute atomic E-state index is 0.00285. The molecule has 0 radical (unpaired) electrons. The van der Waals surface area contributed by atoms with Crippen LogP contribution in [0.1, 0.15) is 58.9 Å². The zero-order valence-corrected chi connectivity index (χ0v) is 17.9. The van der Waals surface area contributed by atoms with Crippen LogP contribution in [0, 0.1) is 0 Å². The van der Waals surface area contributed by atoms with E-state index in [0.717, 1.165) is 38.2 Å². The number of nitrogens with zero attached hydrogens (tertiary/aromatic N) is 3. The third-order valence-electron chi connectivity index (χ3n) is 6.40. The molecule has 0 aliphatic carbocycles. The Labute approximate surface area is 187 Å². The van der Waals surface area contributed by atoms with Crippen molar-refractivity contribution in [2.24, 2.45) is 5.73 Å². The van der Waals surface area contributed by atoms with E-state index in [-0.39, 0.29) is 25.3 Å². The normalized spacial score (nSPS) is 17.9. The Hall–Kier alpha value is -3.26. The monoisotopic (exact) mass is 436 g/mol. The first-order valence-electron chi connectivity index (χ1n) is 11.0. The van der Waals surface area contributed by atoms with Crippen molar-refractivity contribution in [2.75, 3.05) is 13.1 Å². The standard InChI is InChI=1S/C24H28N4O4/c25-23(31)21(8-9-22(29)30)28-15-20-18(24(28)32)6-7-19(26-20)17-10-12-27(13-11-17)14-16-4-2-1-3-5-16/h1-7,17,21H,8-15H2,(H2,25,31)(H,29,30). The van der Waals surface area contributed by atoms with Gasteiger partial charge in [-0.3, -0.25) is 24.3 Å². The van der Waals surface area contributed by atoms with Gasteiger partial charge in [-0.1, -0.05) is 30.3 Å². The Bertz CT molecular complexity index is 1000. The molecule has 1 saturated heterocycles. The third-order valence-corrected chi connectivity index (χ3v) is 6.40. The van der Waals surface area contributed by atoms with Crippen LogP contribution in [0.4, 0.5) is 0 Å². The average molecular weight is 437 g/mol. The number of carbonyl (C=O) groups is 3. The molecular formula is C24H28N4O4. The van der Waals surface area contributed by atoms with Crippen molar-refractivity contribution < 1.29 is 19.5 Å². The fraction of sp³-hybridized carbons (Fsp3) is 0.417. The topological polar surface area (TPSA) is 117 Å². The lowest BCUT2D eigenvalue weighted by molar-refractivity contribution is -0.137. The van der Waals surface area contributed by atoms with E-state index in [4.69, 9.17) is 15.8 Å². The first-order chi connectivity index (χ1) is 15.4. The van der Waals surface area contributed by atoms with Gasteiger partial charge in [-0.15, -0.1) is 0 Å². The molecule has 8 heteroatoms. The predicted molar refractivity (Wildman–Crippen MR) is 118 cm³/mol. The first kappa shape index (κ1) is 22.0. The fourth-order valence-electron chi connectivity index (χ4n) is 4.64. The van der Waals surface area contributed by atoms with E-state index in [2.05, 4.69) is 29.2 Å². The summed E-state index contributed by atoms with van der Waals surface area (Å²) >= 11 is 0. The summed E-state index contributed by atoms with van der Waals surface area (Å²) in [4.78, 5) is 44.2. The Morgan fingerprint density at radius 3 is 2.50 bits per heavy atom. The highest BCUT2D eigenvalue weighted by atomic mass is 16.4. The molecule has 0 saturated carbocycles. The molecule has 1 aromatic carbocycles. The van der Waals surface area contributed by atoms with Crippen LogP contribution in [-0.4, -0.2) is 56.8 Å². The summed E-state index contributed by atoms with van der Waals surface area (Å²) in [5.41, 5.74) is 8.86. The predicted octanol–water partition coefficient (Wildman–Crippen LogP) is 2.14. The highest BCUT2D eigenvalue weighted by molar-refractivity contribution is 6.00. The maximum atomic E-state index is 12.8. The SMILES string of the molecule is NC(=O)C(CCC(=O)O)N1Cc2nc(C3CCN(Cc4ccccc4)CC3)ccc2C1=O. The van der Waals surface area contributed by atoms with Gasteiger partial charge in [-0.25, -0.2) is 0 Å². The maximum Gasteiger partial charge on any atom is 0.303 e. The van der Waals surface area contributed by atoms with Gasteiger partial charge in [0.05, 0.1) is 17.8 Å². The molecule has 1 fully saturated rings. The molecule has 1 aromatic heterocycles. The summed E-state index contributed by atoms with van der Waals surface area (Å²) in [7, 11) is 0. The van der Waals surface area contributed by atoms with E-state index >= 15 is 0 Å². The smallest absolute Gasteiger partial charge is 0.303 e. The van der Waals surface area contributed by atoms with Crippen molar-refractivity contribution >= 4 is 17.8 Å². The van der Waals surface area contributed by atoms with Crippen LogP contribution in [0.15, 0.2) is 42.5 Å². The van der Waals surface area contributed by atoms with E-state index in [0.29, 0.717) is 17.2 Å². The lowest BCUT2D eigenvalue weighted by Gasteiger charge is -2.31. The number of aliphatic carboxylic acids is 1. The Morgan fingerprint density at radius 2 is 1.84 bits per heavy atom. The van der Waals surface area contributed by atoms with Crippen LogP contribution >= 0.6 is 0 Å². The summed E-state index contributed by atoms with van der Waals surface area (Å²) < 4.78 is 0. The van der Waals surface area contributed by atoms with E-state index in [9.17, 15) is 14.4 Å². The number of carbonyl (C=O) groups excluding carboxylic acids is 2. The minimum atomic E-state index is -1.03. The molecule has 168 valence electrons. The highest BCUT2D eigenvalue weighted by Gasteiger charge is 2.37. The first-order valence-corrected chi connectivity index (χ1v) is 11.0. The van der Waals surface area contributed by atoms with Crippen molar-refractivity contribution in [3.05, 3.63) is 65.0 Å². The zero-order valence-electron chi connectivity index (χ0n) is 17.9. The van der Waals surface area contributed by atoms with Crippen LogP contribution in [0.3, 0.4) is 0 Å². The molecule has 8 nitrogen and oxygen atoms in total. The van der Waals surface area contributed by atoms with Gasteiger partial charge in [0.15, 0.2) is 0 Å².